The van der Waals surface area contributed by atoms with E-state index in [1.54, 1.807) is 0 Å². The summed E-state index contributed by atoms with van der Waals surface area (Å²) in [7, 11) is 0. The van der Waals surface area contributed by atoms with Crippen LogP contribution in [0.2, 0.25) is 0 Å². The summed E-state index contributed by atoms with van der Waals surface area (Å²) in [5.74, 6) is 1.84. The molecule has 1 aliphatic rings. The maximum absolute atomic E-state index is 5.22. The maximum atomic E-state index is 5.22. The van der Waals surface area contributed by atoms with Crippen molar-refractivity contribution >= 4 is 0 Å². The van der Waals surface area contributed by atoms with Crippen molar-refractivity contribution in [2.75, 3.05) is 13.1 Å². The molecule has 1 saturated heterocycles. The van der Waals surface area contributed by atoms with E-state index in [1.165, 1.54) is 0 Å². The summed E-state index contributed by atoms with van der Waals surface area (Å²) in [4.78, 5) is 4.38. The molecule has 0 saturated carbocycles. The van der Waals surface area contributed by atoms with E-state index in [0.29, 0.717) is 11.8 Å². The number of hydrogen-bond donors (Lipinski definition) is 1. The van der Waals surface area contributed by atoms with Gasteiger partial charge >= 0.3 is 0 Å². The van der Waals surface area contributed by atoms with Gasteiger partial charge in [-0.25, -0.2) is 0 Å². The Balaban J connectivity index is 1.90. The molecule has 1 aliphatic heterocycles. The van der Waals surface area contributed by atoms with Gasteiger partial charge in [-0.1, -0.05) is 23.4 Å². The molecule has 15 heavy (non-hydrogen) atoms. The second-order valence-electron chi connectivity index (χ2n) is 3.68. The van der Waals surface area contributed by atoms with Gasteiger partial charge in [0.05, 0.1) is 0 Å². The van der Waals surface area contributed by atoms with Crippen LogP contribution in [0.3, 0.4) is 0 Å². The molecule has 0 spiro atoms. The average Bonchev–Trinajstić information content (AvgIpc) is 2.66. The van der Waals surface area contributed by atoms with E-state index >= 15 is 0 Å². The lowest BCUT2D eigenvalue weighted by Crippen LogP contribution is -2.40. The first-order valence-electron chi connectivity index (χ1n) is 5.03. The van der Waals surface area contributed by atoms with Crippen molar-refractivity contribution in [2.45, 2.75) is 5.92 Å². The number of hydrogen-bond acceptors (Lipinski definition) is 4. The molecule has 1 aromatic carbocycles. The Morgan fingerprint density at radius 1 is 1.20 bits per heavy atom. The van der Waals surface area contributed by atoms with Crippen LogP contribution in [0.15, 0.2) is 34.9 Å². The Hall–Kier alpha value is -1.68. The molecular weight excluding hydrogens is 190 g/mol. The van der Waals surface area contributed by atoms with Crippen LogP contribution in [0.1, 0.15) is 11.7 Å². The fourth-order valence-corrected chi connectivity index (χ4v) is 1.57. The van der Waals surface area contributed by atoms with Crippen molar-refractivity contribution < 1.29 is 4.52 Å². The van der Waals surface area contributed by atoms with Gasteiger partial charge in [0.2, 0.25) is 0 Å². The third kappa shape index (κ3) is 1.53. The minimum absolute atomic E-state index is 0.422. The fourth-order valence-electron chi connectivity index (χ4n) is 1.57. The summed E-state index contributed by atoms with van der Waals surface area (Å²) in [5, 5.41) is 7.18. The number of aromatic nitrogens is 2. The molecule has 4 nitrogen and oxygen atoms in total. The zero-order valence-corrected chi connectivity index (χ0v) is 8.18. The van der Waals surface area contributed by atoms with Gasteiger partial charge in [-0.2, -0.15) is 4.98 Å². The monoisotopic (exact) mass is 201 g/mol. The quantitative estimate of drug-likeness (QED) is 0.798. The lowest BCUT2D eigenvalue weighted by atomic mass is 10.0. The van der Waals surface area contributed by atoms with Crippen molar-refractivity contribution in [1.29, 1.82) is 0 Å². The van der Waals surface area contributed by atoms with Crippen molar-refractivity contribution in [3.8, 4) is 11.5 Å². The first-order chi connectivity index (χ1) is 7.43. The van der Waals surface area contributed by atoms with Crippen LogP contribution in [-0.2, 0) is 0 Å². The summed E-state index contributed by atoms with van der Waals surface area (Å²) in [6, 6.07) is 9.83. The molecule has 0 bridgehead atoms. The lowest BCUT2D eigenvalue weighted by Gasteiger charge is -2.23. The molecule has 2 heterocycles. The van der Waals surface area contributed by atoms with Gasteiger partial charge in [-0.05, 0) is 12.1 Å². The van der Waals surface area contributed by atoms with Crippen LogP contribution in [-0.4, -0.2) is 23.2 Å². The second kappa shape index (κ2) is 3.47. The van der Waals surface area contributed by atoms with Crippen LogP contribution in [0.5, 0.6) is 0 Å². The molecule has 1 fully saturated rings. The van der Waals surface area contributed by atoms with Crippen molar-refractivity contribution in [1.82, 2.24) is 15.5 Å². The predicted molar refractivity (Wildman–Crippen MR) is 55.3 cm³/mol. The number of nitrogens with zero attached hydrogens (tertiary/aromatic N) is 2. The van der Waals surface area contributed by atoms with E-state index in [4.69, 9.17) is 4.52 Å². The fraction of sp³-hybridized carbons (Fsp3) is 0.273. The molecule has 1 N–H and O–H groups in total. The van der Waals surface area contributed by atoms with Crippen molar-refractivity contribution in [2.24, 2.45) is 0 Å². The third-order valence-corrected chi connectivity index (χ3v) is 2.61. The highest BCUT2D eigenvalue weighted by Gasteiger charge is 2.24. The van der Waals surface area contributed by atoms with E-state index in [-0.39, 0.29) is 0 Å². The van der Waals surface area contributed by atoms with E-state index in [2.05, 4.69) is 15.5 Å². The van der Waals surface area contributed by atoms with E-state index in [9.17, 15) is 0 Å². The number of rotatable bonds is 2. The molecule has 0 radical (unpaired) electrons. The second-order valence-corrected chi connectivity index (χ2v) is 3.68. The molecule has 0 amide bonds. The van der Waals surface area contributed by atoms with Crippen LogP contribution < -0.4 is 5.32 Å². The van der Waals surface area contributed by atoms with E-state index < -0.39 is 0 Å². The highest BCUT2D eigenvalue weighted by atomic mass is 16.5. The molecule has 3 rings (SSSR count). The Bertz CT molecular complexity index is 448. The van der Waals surface area contributed by atoms with Gasteiger partial charge in [0.25, 0.3) is 5.89 Å². The highest BCUT2D eigenvalue weighted by molar-refractivity contribution is 5.52. The summed E-state index contributed by atoms with van der Waals surface area (Å²) < 4.78 is 5.22. The summed E-state index contributed by atoms with van der Waals surface area (Å²) >= 11 is 0. The molecule has 1 aromatic heterocycles. The van der Waals surface area contributed by atoms with Crippen LogP contribution >= 0.6 is 0 Å². The topological polar surface area (TPSA) is 51.0 Å². The molecule has 0 unspecified atom stereocenters. The Morgan fingerprint density at radius 2 is 2.00 bits per heavy atom. The van der Waals surface area contributed by atoms with Gasteiger partial charge in [-0.15, -0.1) is 0 Å². The SMILES string of the molecule is c1ccc(-c2nc(C3CNC3)no2)cc1. The lowest BCUT2D eigenvalue weighted by molar-refractivity contribution is 0.382. The Labute approximate surface area is 87.3 Å². The maximum Gasteiger partial charge on any atom is 0.257 e. The van der Waals surface area contributed by atoms with Gasteiger partial charge in [-0.3, -0.25) is 0 Å². The zero-order chi connectivity index (χ0) is 10.1. The number of benzene rings is 1. The summed E-state index contributed by atoms with van der Waals surface area (Å²) in [6.45, 7) is 1.90. The van der Waals surface area contributed by atoms with Gasteiger partial charge in [0, 0.05) is 24.6 Å². The molecular formula is C11H11N3O. The van der Waals surface area contributed by atoms with Crippen LogP contribution in [0.25, 0.3) is 11.5 Å². The number of nitrogens with one attached hydrogen (secondary N) is 1. The highest BCUT2D eigenvalue weighted by Crippen LogP contribution is 2.21. The largest absolute Gasteiger partial charge is 0.334 e. The first-order valence-corrected chi connectivity index (χ1v) is 5.03. The van der Waals surface area contributed by atoms with Gasteiger partial charge in [0.15, 0.2) is 5.82 Å². The van der Waals surface area contributed by atoms with Crippen molar-refractivity contribution in [3.63, 3.8) is 0 Å². The molecule has 0 aliphatic carbocycles. The van der Waals surface area contributed by atoms with E-state index in [0.717, 1.165) is 24.5 Å². The average molecular weight is 201 g/mol. The summed E-state index contributed by atoms with van der Waals surface area (Å²) in [5.41, 5.74) is 0.975. The molecule has 4 heteroatoms. The van der Waals surface area contributed by atoms with Gasteiger partial charge in [0.1, 0.15) is 0 Å². The minimum atomic E-state index is 0.422. The Kier molecular flexibility index (Phi) is 1.99. The normalized spacial score (nSPS) is 16.3. The van der Waals surface area contributed by atoms with Crippen LogP contribution in [0, 0.1) is 0 Å². The Morgan fingerprint density at radius 3 is 2.67 bits per heavy atom. The molecule has 2 aromatic rings. The van der Waals surface area contributed by atoms with E-state index in [1.807, 2.05) is 30.3 Å². The standard InChI is InChI=1S/C11H11N3O/c1-2-4-8(5-3-1)11-13-10(14-15-11)9-6-12-7-9/h1-5,9,12H,6-7H2. The molecule has 0 atom stereocenters. The minimum Gasteiger partial charge on any atom is -0.334 e. The van der Waals surface area contributed by atoms with Crippen LogP contribution in [0.4, 0.5) is 0 Å². The third-order valence-electron chi connectivity index (χ3n) is 2.61. The summed E-state index contributed by atoms with van der Waals surface area (Å²) in [6.07, 6.45) is 0. The molecule has 76 valence electrons. The van der Waals surface area contributed by atoms with Gasteiger partial charge < -0.3 is 9.84 Å². The first kappa shape index (κ1) is 8.61. The smallest absolute Gasteiger partial charge is 0.257 e. The zero-order valence-electron chi connectivity index (χ0n) is 8.18. The van der Waals surface area contributed by atoms with Crippen molar-refractivity contribution in [3.05, 3.63) is 36.2 Å². The predicted octanol–water partition coefficient (Wildman–Crippen LogP) is 1.42.